The molecule has 0 atom stereocenters. The van der Waals surface area contributed by atoms with Crippen LogP contribution in [0.4, 0.5) is 5.13 Å². The zero-order chi connectivity index (χ0) is 21.3. The molecular formula is C21H23N3O4S2. The molecule has 0 bridgehead atoms. The summed E-state index contributed by atoms with van der Waals surface area (Å²) in [5.74, 6) is 1.03. The number of benzene rings is 1. The molecule has 2 heterocycles. The van der Waals surface area contributed by atoms with Crippen LogP contribution >= 0.6 is 22.7 Å². The van der Waals surface area contributed by atoms with Gasteiger partial charge >= 0.3 is 0 Å². The Morgan fingerprint density at radius 1 is 1.07 bits per heavy atom. The zero-order valence-corrected chi connectivity index (χ0v) is 18.4. The molecule has 0 spiro atoms. The van der Waals surface area contributed by atoms with Gasteiger partial charge in [-0.05, 0) is 42.8 Å². The van der Waals surface area contributed by atoms with Gasteiger partial charge in [0.25, 0.3) is 5.91 Å². The molecule has 2 amide bonds. The van der Waals surface area contributed by atoms with Gasteiger partial charge < -0.3 is 14.8 Å². The van der Waals surface area contributed by atoms with Crippen molar-refractivity contribution in [3.63, 3.8) is 0 Å². The maximum atomic E-state index is 12.2. The van der Waals surface area contributed by atoms with Crippen LogP contribution < -0.4 is 20.1 Å². The van der Waals surface area contributed by atoms with Crippen LogP contribution in [-0.2, 0) is 16.1 Å². The molecule has 0 saturated heterocycles. The van der Waals surface area contributed by atoms with Crippen molar-refractivity contribution in [1.29, 1.82) is 0 Å². The van der Waals surface area contributed by atoms with Crippen LogP contribution in [-0.4, -0.2) is 30.0 Å². The number of rotatable bonds is 10. The number of amides is 2. The molecule has 2 N–H and O–H groups in total. The lowest BCUT2D eigenvalue weighted by molar-refractivity contribution is -0.119. The van der Waals surface area contributed by atoms with Crippen LogP contribution in [0.15, 0.2) is 41.8 Å². The number of anilines is 1. The number of nitrogens with zero attached hydrogens (tertiary/aromatic N) is 1. The summed E-state index contributed by atoms with van der Waals surface area (Å²) in [5, 5.41) is 7.93. The van der Waals surface area contributed by atoms with Crippen molar-refractivity contribution in [3.8, 4) is 22.1 Å². The molecule has 0 aliphatic carbocycles. The molecule has 158 valence electrons. The Kier molecular flexibility index (Phi) is 7.81. The number of hydrogen-bond donors (Lipinski definition) is 2. The summed E-state index contributed by atoms with van der Waals surface area (Å²) in [4.78, 5) is 29.7. The molecule has 3 aromatic rings. The van der Waals surface area contributed by atoms with Crippen molar-refractivity contribution in [2.75, 3.05) is 18.5 Å². The van der Waals surface area contributed by atoms with E-state index in [-0.39, 0.29) is 18.4 Å². The number of nitrogens with one attached hydrogen (secondary N) is 2. The molecule has 7 nitrogen and oxygen atoms in total. The Balaban J connectivity index is 1.48. The lowest BCUT2D eigenvalue weighted by Crippen LogP contribution is -2.20. The highest BCUT2D eigenvalue weighted by Crippen LogP contribution is 2.30. The van der Waals surface area contributed by atoms with E-state index in [4.69, 9.17) is 9.47 Å². The number of thiophene rings is 1. The third-order valence-electron chi connectivity index (χ3n) is 3.84. The first-order valence-electron chi connectivity index (χ1n) is 9.48. The Morgan fingerprint density at radius 3 is 2.50 bits per heavy atom. The van der Waals surface area contributed by atoms with Crippen LogP contribution in [0, 0.1) is 0 Å². The van der Waals surface area contributed by atoms with E-state index in [1.807, 2.05) is 36.6 Å². The summed E-state index contributed by atoms with van der Waals surface area (Å²) in [7, 11) is 0. The second-order valence-electron chi connectivity index (χ2n) is 6.37. The van der Waals surface area contributed by atoms with Crippen molar-refractivity contribution >= 4 is 39.6 Å². The van der Waals surface area contributed by atoms with Crippen molar-refractivity contribution in [3.05, 3.63) is 46.7 Å². The Labute approximate surface area is 183 Å². The average molecular weight is 446 g/mol. The van der Waals surface area contributed by atoms with E-state index in [9.17, 15) is 9.59 Å². The number of aromatic nitrogens is 1. The molecule has 1 aromatic carbocycles. The lowest BCUT2D eigenvalue weighted by atomic mass is 10.3. The summed E-state index contributed by atoms with van der Waals surface area (Å²) in [6.07, 6.45) is 0.946. The van der Waals surface area contributed by atoms with Gasteiger partial charge in [-0.2, -0.15) is 0 Å². The van der Waals surface area contributed by atoms with E-state index >= 15 is 0 Å². The summed E-state index contributed by atoms with van der Waals surface area (Å²) in [5.41, 5.74) is 0.790. The molecule has 0 aliphatic heterocycles. The number of hydrogen-bond acceptors (Lipinski definition) is 7. The predicted molar refractivity (Wildman–Crippen MR) is 119 cm³/mol. The highest BCUT2D eigenvalue weighted by atomic mass is 32.1. The smallest absolute Gasteiger partial charge is 0.264 e. The molecule has 0 fully saturated rings. The lowest BCUT2D eigenvalue weighted by Gasteiger charge is -2.08. The normalized spacial score (nSPS) is 10.5. The predicted octanol–water partition coefficient (Wildman–Crippen LogP) is 4.31. The second kappa shape index (κ2) is 10.7. The van der Waals surface area contributed by atoms with Gasteiger partial charge in [0.15, 0.2) is 11.7 Å². The topological polar surface area (TPSA) is 89.6 Å². The van der Waals surface area contributed by atoms with Gasteiger partial charge in [-0.1, -0.05) is 6.92 Å². The third-order valence-corrected chi connectivity index (χ3v) is 5.71. The van der Waals surface area contributed by atoms with Gasteiger partial charge in [0.05, 0.1) is 23.7 Å². The molecule has 3 rings (SSSR count). The van der Waals surface area contributed by atoms with Crippen molar-refractivity contribution < 1.29 is 19.1 Å². The number of ether oxygens (including phenoxy) is 2. The van der Waals surface area contributed by atoms with E-state index < -0.39 is 0 Å². The van der Waals surface area contributed by atoms with Crippen LogP contribution in [0.1, 0.15) is 25.1 Å². The third kappa shape index (κ3) is 6.57. The van der Waals surface area contributed by atoms with E-state index in [0.717, 1.165) is 27.6 Å². The van der Waals surface area contributed by atoms with Gasteiger partial charge in [-0.15, -0.1) is 22.7 Å². The number of carbonyl (C=O) groups is 2. The Bertz CT molecular complexity index is 982. The first kappa shape index (κ1) is 21.8. The monoisotopic (exact) mass is 445 g/mol. The summed E-state index contributed by atoms with van der Waals surface area (Å²) in [6.45, 7) is 4.60. The first-order valence-corrected chi connectivity index (χ1v) is 11.2. The van der Waals surface area contributed by atoms with Crippen molar-refractivity contribution in [1.82, 2.24) is 10.3 Å². The van der Waals surface area contributed by atoms with Crippen molar-refractivity contribution in [2.24, 2.45) is 0 Å². The maximum absolute atomic E-state index is 12.2. The molecule has 0 aliphatic rings. The highest BCUT2D eigenvalue weighted by Gasteiger charge is 2.11. The van der Waals surface area contributed by atoms with Gasteiger partial charge in [-0.25, -0.2) is 4.98 Å². The quantitative estimate of drug-likeness (QED) is 0.485. The van der Waals surface area contributed by atoms with Gasteiger partial charge in [-0.3, -0.25) is 14.9 Å². The molecule has 9 heteroatoms. The van der Waals surface area contributed by atoms with E-state index in [2.05, 4.69) is 15.6 Å². The second-order valence-corrected chi connectivity index (χ2v) is 8.40. The van der Waals surface area contributed by atoms with Gasteiger partial charge in [0.2, 0.25) is 5.91 Å². The minimum Gasteiger partial charge on any atom is -0.494 e. The van der Waals surface area contributed by atoms with Crippen molar-refractivity contribution in [2.45, 2.75) is 26.8 Å². The molecule has 0 radical (unpaired) electrons. The van der Waals surface area contributed by atoms with Crippen LogP contribution in [0.5, 0.6) is 11.5 Å². The number of carbonyl (C=O) groups excluding carboxylic acids is 2. The minimum atomic E-state index is -0.278. The fraction of sp³-hybridized carbons (Fsp3) is 0.286. The summed E-state index contributed by atoms with van der Waals surface area (Å²) >= 11 is 2.91. The summed E-state index contributed by atoms with van der Waals surface area (Å²) in [6, 6.07) is 11.1. The Hall–Kier alpha value is -2.91. The van der Waals surface area contributed by atoms with Crippen LogP contribution in [0.25, 0.3) is 10.6 Å². The highest BCUT2D eigenvalue weighted by molar-refractivity contribution is 7.17. The Morgan fingerprint density at radius 2 is 1.80 bits per heavy atom. The fourth-order valence-electron chi connectivity index (χ4n) is 2.42. The van der Waals surface area contributed by atoms with Crippen LogP contribution in [0.2, 0.25) is 0 Å². The number of thiazole rings is 1. The SMILES string of the molecule is CCCOc1ccc(OCC(=O)Nc2nc(-c3ccc(CNC(C)=O)s3)cs2)cc1. The summed E-state index contributed by atoms with van der Waals surface area (Å²) < 4.78 is 11.0. The van der Waals surface area contributed by atoms with Crippen LogP contribution in [0.3, 0.4) is 0 Å². The largest absolute Gasteiger partial charge is 0.494 e. The van der Waals surface area contributed by atoms with Gasteiger partial charge in [0.1, 0.15) is 11.5 Å². The first-order chi connectivity index (χ1) is 14.5. The van der Waals surface area contributed by atoms with E-state index in [1.54, 1.807) is 23.5 Å². The minimum absolute atomic E-state index is 0.0633. The molecule has 2 aromatic heterocycles. The molecule has 0 saturated carbocycles. The average Bonchev–Trinajstić information content (AvgIpc) is 3.39. The molecular weight excluding hydrogens is 422 g/mol. The molecule has 30 heavy (non-hydrogen) atoms. The van der Waals surface area contributed by atoms with E-state index in [1.165, 1.54) is 18.3 Å². The van der Waals surface area contributed by atoms with Gasteiger partial charge in [0, 0.05) is 17.2 Å². The van der Waals surface area contributed by atoms with E-state index in [0.29, 0.717) is 24.0 Å². The zero-order valence-electron chi connectivity index (χ0n) is 16.8. The molecule has 0 unspecified atom stereocenters. The fourth-order valence-corrected chi connectivity index (χ4v) is 4.13. The maximum Gasteiger partial charge on any atom is 0.264 e. The standard InChI is InChI=1S/C21H23N3O4S2/c1-3-10-27-15-4-6-16(7-5-15)28-12-20(26)24-21-23-18(13-29-21)19-9-8-17(30-19)11-22-14(2)25/h4-9,13H,3,10-12H2,1-2H3,(H,22,25)(H,23,24,26).